The number of hydrogen-bond donors (Lipinski definition) is 0. The van der Waals surface area contributed by atoms with E-state index < -0.39 is 6.85 Å². The molecule has 7 rings (SSSR count). The van der Waals surface area contributed by atoms with Crippen LogP contribution in [0.25, 0.3) is 54.7 Å². The van der Waals surface area contributed by atoms with Crippen LogP contribution in [0.1, 0.15) is 66.3 Å². The van der Waals surface area contributed by atoms with Crippen molar-refractivity contribution in [3.05, 3.63) is 113 Å². The summed E-state index contributed by atoms with van der Waals surface area (Å²) in [5, 5.41) is 3.30. The zero-order valence-corrected chi connectivity index (χ0v) is 28.8. The molecule has 4 nitrogen and oxygen atoms in total. The molecular formula is C38H35IrN3OS-2. The molecule has 4 aromatic heterocycles. The zero-order chi connectivity index (χ0) is 32.8. The first kappa shape index (κ1) is 27.8. The molecule has 6 heteroatoms. The number of furan rings is 1. The summed E-state index contributed by atoms with van der Waals surface area (Å²) in [6.45, 7) is 11.0. The number of pyridine rings is 2. The molecule has 0 spiro atoms. The van der Waals surface area contributed by atoms with E-state index in [1.165, 1.54) is 17.3 Å². The van der Waals surface area contributed by atoms with E-state index in [0.29, 0.717) is 5.92 Å². The largest absolute Gasteiger partial charge is 0.498 e. The van der Waals surface area contributed by atoms with Gasteiger partial charge in [-0.1, -0.05) is 69.8 Å². The monoisotopic (exact) mass is 777 g/mol. The summed E-state index contributed by atoms with van der Waals surface area (Å²) in [6.07, 6.45) is 3.34. The predicted molar refractivity (Wildman–Crippen MR) is 180 cm³/mol. The first-order valence-electron chi connectivity index (χ1n) is 15.9. The van der Waals surface area contributed by atoms with Crippen LogP contribution in [0.2, 0.25) is 0 Å². The van der Waals surface area contributed by atoms with E-state index in [1.54, 1.807) is 29.5 Å². The van der Waals surface area contributed by atoms with E-state index in [4.69, 9.17) is 18.5 Å². The second-order valence-corrected chi connectivity index (χ2v) is 13.1. The van der Waals surface area contributed by atoms with Crippen molar-refractivity contribution >= 4 is 43.5 Å². The molecule has 7 aromatic rings. The summed E-state index contributed by atoms with van der Waals surface area (Å²) in [7, 11) is 0. The van der Waals surface area contributed by atoms with Crippen LogP contribution >= 0.6 is 11.3 Å². The minimum absolute atomic E-state index is 0. The number of thiazole rings is 1. The van der Waals surface area contributed by atoms with Gasteiger partial charge in [-0.3, -0.25) is 0 Å². The Labute approximate surface area is 281 Å². The SMILES string of the molecule is Cc1cnc(-c2[c-]ccc3c2oc2c3ccc3sc(C(C)(C)C)nc32)cc1C(C)C.[2H]C([2H])([2H])c1ccc(-c2[c-]cccc2)nc1.[Ir]. The zero-order valence-electron chi connectivity index (χ0n) is 28.6. The van der Waals surface area contributed by atoms with E-state index in [1.807, 2.05) is 30.5 Å². The van der Waals surface area contributed by atoms with Gasteiger partial charge in [0.05, 0.1) is 15.3 Å². The third-order valence-corrected chi connectivity index (χ3v) is 8.82. The van der Waals surface area contributed by atoms with Crippen LogP contribution in [0, 0.1) is 25.9 Å². The number of hydrogen-bond acceptors (Lipinski definition) is 5. The topological polar surface area (TPSA) is 51.8 Å². The van der Waals surface area contributed by atoms with Crippen LogP contribution in [0.15, 0.2) is 83.5 Å². The van der Waals surface area contributed by atoms with E-state index >= 15 is 0 Å². The van der Waals surface area contributed by atoms with Crippen molar-refractivity contribution in [2.75, 3.05) is 0 Å². The Morgan fingerprint density at radius 2 is 1.68 bits per heavy atom. The van der Waals surface area contributed by atoms with Gasteiger partial charge in [0, 0.05) is 47.4 Å². The second-order valence-electron chi connectivity index (χ2n) is 12.0. The Bertz CT molecular complexity index is 2160. The molecule has 0 saturated heterocycles. The van der Waals surface area contributed by atoms with Crippen molar-refractivity contribution in [1.82, 2.24) is 15.0 Å². The van der Waals surface area contributed by atoms with Crippen molar-refractivity contribution in [2.24, 2.45) is 0 Å². The van der Waals surface area contributed by atoms with E-state index in [9.17, 15) is 0 Å². The molecule has 0 atom stereocenters. The fourth-order valence-corrected chi connectivity index (χ4v) is 6.13. The maximum absolute atomic E-state index is 7.23. The number of rotatable bonds is 3. The van der Waals surface area contributed by atoms with Gasteiger partial charge in [0.1, 0.15) is 11.1 Å². The summed E-state index contributed by atoms with van der Waals surface area (Å²) in [5.41, 5.74) is 8.82. The fourth-order valence-electron chi connectivity index (χ4n) is 5.10. The number of aryl methyl sites for hydroxylation is 2. The Kier molecular flexibility index (Phi) is 8.05. The average Bonchev–Trinajstić information content (AvgIpc) is 3.64. The van der Waals surface area contributed by atoms with Crippen molar-refractivity contribution in [2.45, 2.75) is 59.7 Å². The first-order valence-corrected chi connectivity index (χ1v) is 15.2. The molecule has 44 heavy (non-hydrogen) atoms. The Balaban J connectivity index is 0.000000217. The molecule has 4 heterocycles. The van der Waals surface area contributed by atoms with Gasteiger partial charge in [-0.15, -0.1) is 65.4 Å². The van der Waals surface area contributed by atoms with E-state index in [-0.39, 0.29) is 31.1 Å². The van der Waals surface area contributed by atoms with Crippen LogP contribution in [0.4, 0.5) is 0 Å². The normalized spacial score (nSPS) is 12.8. The molecule has 0 unspecified atom stereocenters. The predicted octanol–water partition coefficient (Wildman–Crippen LogP) is 10.6. The van der Waals surface area contributed by atoms with Gasteiger partial charge in [-0.05, 0) is 53.8 Å². The van der Waals surface area contributed by atoms with Crippen LogP contribution in [0.3, 0.4) is 0 Å². The Morgan fingerprint density at radius 1 is 0.886 bits per heavy atom. The van der Waals surface area contributed by atoms with Gasteiger partial charge in [0.2, 0.25) is 0 Å². The molecule has 0 saturated carbocycles. The van der Waals surface area contributed by atoms with Gasteiger partial charge in [0.15, 0.2) is 0 Å². The van der Waals surface area contributed by atoms with Crippen LogP contribution in [0.5, 0.6) is 0 Å². The van der Waals surface area contributed by atoms with Crippen molar-refractivity contribution in [3.63, 3.8) is 0 Å². The number of nitrogens with zero attached hydrogens (tertiary/aromatic N) is 3. The Morgan fingerprint density at radius 3 is 2.36 bits per heavy atom. The second kappa shape index (κ2) is 12.7. The van der Waals surface area contributed by atoms with Crippen molar-refractivity contribution < 1.29 is 28.6 Å². The van der Waals surface area contributed by atoms with Gasteiger partial charge in [0.25, 0.3) is 0 Å². The fraction of sp³-hybridized carbons (Fsp3) is 0.237. The third-order valence-electron chi connectivity index (χ3n) is 7.37. The molecule has 225 valence electrons. The van der Waals surface area contributed by atoms with Gasteiger partial charge >= 0.3 is 0 Å². The van der Waals surface area contributed by atoms with Crippen LogP contribution in [-0.4, -0.2) is 15.0 Å². The first-order chi connectivity index (χ1) is 21.8. The van der Waals surface area contributed by atoms with Gasteiger partial charge in [-0.2, -0.15) is 0 Å². The molecule has 0 bridgehead atoms. The molecular weight excluding hydrogens is 739 g/mol. The van der Waals surface area contributed by atoms with Gasteiger partial charge in [-0.25, -0.2) is 4.98 Å². The quantitative estimate of drug-likeness (QED) is 0.168. The summed E-state index contributed by atoms with van der Waals surface area (Å²) in [4.78, 5) is 13.8. The minimum atomic E-state index is -2.09. The molecule has 1 radical (unpaired) electrons. The summed E-state index contributed by atoms with van der Waals surface area (Å²) < 4.78 is 29.3. The molecule has 0 amide bonds. The maximum atomic E-state index is 7.23. The van der Waals surface area contributed by atoms with Crippen molar-refractivity contribution in [3.8, 4) is 22.5 Å². The molecule has 3 aromatic carbocycles. The molecule has 0 aliphatic heterocycles. The summed E-state index contributed by atoms with van der Waals surface area (Å²) in [5.74, 6) is 0.437. The average molecular weight is 777 g/mol. The standard InChI is InChI=1S/C26H25N2OS.C12H10N.Ir/c1-14(2)19-12-20(27-13-15(19)3)18-9-7-8-16-17-10-11-21-22(24(17)29-23(16)18)28-25(30-21)26(4,5)6;1-10-7-8-12(13-9-10)11-5-3-2-4-6-11;/h7-8,10-14H,1-6H3;2-5,7-9H,1H3;/q2*-1;/i;1D3;. The van der Waals surface area contributed by atoms with Crippen molar-refractivity contribution in [1.29, 1.82) is 0 Å². The van der Waals surface area contributed by atoms with Crippen LogP contribution < -0.4 is 0 Å². The summed E-state index contributed by atoms with van der Waals surface area (Å²) >= 11 is 1.75. The smallest absolute Gasteiger partial charge is 0.148 e. The molecule has 0 N–H and O–H groups in total. The number of benzene rings is 3. The molecule has 0 aliphatic carbocycles. The van der Waals surface area contributed by atoms with E-state index in [0.717, 1.165) is 59.7 Å². The Hall–Kier alpha value is -3.70. The number of aromatic nitrogens is 3. The third kappa shape index (κ3) is 6.25. The number of fused-ring (bicyclic) bond motifs is 5. The van der Waals surface area contributed by atoms with Crippen LogP contribution in [-0.2, 0) is 25.5 Å². The minimum Gasteiger partial charge on any atom is -0.498 e. The van der Waals surface area contributed by atoms with E-state index in [2.05, 4.69) is 82.9 Å². The summed E-state index contributed by atoms with van der Waals surface area (Å²) in [6, 6.07) is 27.7. The maximum Gasteiger partial charge on any atom is 0.148 e. The van der Waals surface area contributed by atoms with Gasteiger partial charge < -0.3 is 14.4 Å². The molecule has 0 fully saturated rings. The molecule has 0 aliphatic rings.